The number of benzene rings is 1. The molecular weight excluding hydrogens is 230 g/mol. The number of carboxylic acid groups (broad SMARTS) is 1. The number of nitrogens with zero attached hydrogens (tertiary/aromatic N) is 1. The van der Waals surface area contributed by atoms with Crippen LogP contribution < -0.4 is 0 Å². The number of hydrogen-bond donors (Lipinski definition) is 1. The average Bonchev–Trinajstić information content (AvgIpc) is 2.58. The highest BCUT2D eigenvalue weighted by Crippen LogP contribution is 2.26. The van der Waals surface area contributed by atoms with E-state index in [0.717, 1.165) is 0 Å². The van der Waals surface area contributed by atoms with Gasteiger partial charge in [0, 0.05) is 5.92 Å². The second-order valence-electron chi connectivity index (χ2n) is 3.81. The van der Waals surface area contributed by atoms with Gasteiger partial charge >= 0.3 is 5.97 Å². The maximum absolute atomic E-state index is 10.9. The summed E-state index contributed by atoms with van der Waals surface area (Å²) in [6, 6.07) is 2.91. The molecule has 1 aromatic carbocycles. The minimum Gasteiger partial charge on any atom is -0.478 e. The summed E-state index contributed by atoms with van der Waals surface area (Å²) in [6.07, 6.45) is 0. The molecule has 0 aliphatic heterocycles. The molecule has 0 saturated carbocycles. The molecule has 0 aliphatic rings. The number of fused-ring (bicyclic) bond motifs is 1. The summed E-state index contributed by atoms with van der Waals surface area (Å²) in [4.78, 5) is 15.1. The molecule has 0 fully saturated rings. The molecule has 4 nitrogen and oxygen atoms in total. The number of carboxylic acids is 1. The highest BCUT2D eigenvalue weighted by Gasteiger charge is 2.15. The molecule has 5 heteroatoms. The molecule has 0 radical (unpaired) electrons. The van der Waals surface area contributed by atoms with Gasteiger partial charge in [-0.25, -0.2) is 9.78 Å². The second kappa shape index (κ2) is 3.79. The number of aromatic carboxylic acids is 1. The molecule has 1 N–H and O–H groups in total. The fourth-order valence-corrected chi connectivity index (χ4v) is 1.62. The van der Waals surface area contributed by atoms with E-state index >= 15 is 0 Å². The largest absolute Gasteiger partial charge is 0.478 e. The van der Waals surface area contributed by atoms with Crippen LogP contribution in [0.15, 0.2) is 16.5 Å². The molecule has 0 unspecified atom stereocenters. The van der Waals surface area contributed by atoms with Crippen LogP contribution in [0.4, 0.5) is 0 Å². The van der Waals surface area contributed by atoms with Crippen molar-refractivity contribution in [2.75, 3.05) is 0 Å². The van der Waals surface area contributed by atoms with E-state index in [4.69, 9.17) is 21.1 Å². The van der Waals surface area contributed by atoms with E-state index in [1.54, 1.807) is 0 Å². The van der Waals surface area contributed by atoms with Crippen molar-refractivity contribution < 1.29 is 14.3 Å². The lowest BCUT2D eigenvalue weighted by molar-refractivity contribution is 0.0697. The zero-order valence-electron chi connectivity index (χ0n) is 8.82. The number of halogens is 1. The number of aromatic nitrogens is 1. The van der Waals surface area contributed by atoms with Crippen LogP contribution in [-0.4, -0.2) is 16.1 Å². The Hall–Kier alpha value is -1.55. The second-order valence-corrected chi connectivity index (χ2v) is 4.22. The minimum atomic E-state index is -1.07. The zero-order valence-corrected chi connectivity index (χ0v) is 9.58. The zero-order chi connectivity index (χ0) is 11.9. The summed E-state index contributed by atoms with van der Waals surface area (Å²) in [5.41, 5.74) is 1.06. The van der Waals surface area contributed by atoms with E-state index in [1.807, 2.05) is 13.8 Å². The van der Waals surface area contributed by atoms with Crippen molar-refractivity contribution in [2.24, 2.45) is 0 Å². The van der Waals surface area contributed by atoms with Crippen LogP contribution in [-0.2, 0) is 0 Å². The summed E-state index contributed by atoms with van der Waals surface area (Å²) < 4.78 is 5.44. The summed E-state index contributed by atoms with van der Waals surface area (Å²) in [5, 5.41) is 9.06. The summed E-state index contributed by atoms with van der Waals surface area (Å²) >= 11 is 5.82. The molecular formula is C11H10ClNO3. The highest BCUT2D eigenvalue weighted by molar-refractivity contribution is 6.34. The molecule has 1 aromatic heterocycles. The fraction of sp³-hybridized carbons (Fsp3) is 0.273. The lowest BCUT2D eigenvalue weighted by Crippen LogP contribution is -1.96. The van der Waals surface area contributed by atoms with E-state index in [-0.39, 0.29) is 16.5 Å². The van der Waals surface area contributed by atoms with Crippen LogP contribution in [0.25, 0.3) is 11.1 Å². The number of rotatable bonds is 2. The van der Waals surface area contributed by atoms with Gasteiger partial charge in [0.05, 0.1) is 10.6 Å². The van der Waals surface area contributed by atoms with Crippen molar-refractivity contribution in [1.82, 2.24) is 4.98 Å². The van der Waals surface area contributed by atoms with Crippen molar-refractivity contribution in [3.63, 3.8) is 0 Å². The van der Waals surface area contributed by atoms with Crippen LogP contribution in [0.5, 0.6) is 0 Å². The van der Waals surface area contributed by atoms with Gasteiger partial charge in [0.15, 0.2) is 11.5 Å². The first-order chi connectivity index (χ1) is 7.49. The Kier molecular flexibility index (Phi) is 2.59. The van der Waals surface area contributed by atoms with Gasteiger partial charge in [-0.15, -0.1) is 0 Å². The summed E-state index contributed by atoms with van der Waals surface area (Å²) in [6.45, 7) is 3.90. The van der Waals surface area contributed by atoms with Gasteiger partial charge in [0.25, 0.3) is 0 Å². The summed E-state index contributed by atoms with van der Waals surface area (Å²) in [5.74, 6) is -0.345. The third kappa shape index (κ3) is 1.76. The van der Waals surface area contributed by atoms with E-state index in [0.29, 0.717) is 17.0 Å². The monoisotopic (exact) mass is 239 g/mol. The average molecular weight is 240 g/mol. The van der Waals surface area contributed by atoms with Gasteiger partial charge in [-0.2, -0.15) is 0 Å². The van der Waals surface area contributed by atoms with Crippen LogP contribution >= 0.6 is 11.6 Å². The summed E-state index contributed by atoms with van der Waals surface area (Å²) in [7, 11) is 0. The van der Waals surface area contributed by atoms with Crippen molar-refractivity contribution in [3.8, 4) is 0 Å². The van der Waals surface area contributed by atoms with Crippen molar-refractivity contribution in [1.29, 1.82) is 0 Å². The Morgan fingerprint density at radius 3 is 2.75 bits per heavy atom. The third-order valence-corrected chi connectivity index (χ3v) is 2.53. The molecule has 0 aliphatic carbocycles. The Morgan fingerprint density at radius 1 is 1.50 bits per heavy atom. The van der Waals surface area contributed by atoms with E-state index in [2.05, 4.69) is 4.98 Å². The van der Waals surface area contributed by atoms with E-state index in [9.17, 15) is 4.79 Å². The van der Waals surface area contributed by atoms with Crippen LogP contribution in [0.1, 0.15) is 36.0 Å². The van der Waals surface area contributed by atoms with Crippen molar-refractivity contribution in [3.05, 3.63) is 28.6 Å². The highest BCUT2D eigenvalue weighted by atomic mass is 35.5. The minimum absolute atomic E-state index is 0.0284. The smallest absolute Gasteiger partial charge is 0.337 e. The molecule has 2 aromatic rings. The first kappa shape index (κ1) is 11.0. The predicted molar refractivity (Wildman–Crippen MR) is 60.1 cm³/mol. The van der Waals surface area contributed by atoms with Gasteiger partial charge < -0.3 is 9.52 Å². The van der Waals surface area contributed by atoms with Crippen molar-refractivity contribution in [2.45, 2.75) is 19.8 Å². The number of hydrogen-bond acceptors (Lipinski definition) is 3. The van der Waals surface area contributed by atoms with Gasteiger partial charge in [-0.3, -0.25) is 0 Å². The quantitative estimate of drug-likeness (QED) is 0.873. The number of carbonyl (C=O) groups is 1. The van der Waals surface area contributed by atoms with Crippen molar-refractivity contribution >= 4 is 28.7 Å². The van der Waals surface area contributed by atoms with E-state index < -0.39 is 5.97 Å². The van der Waals surface area contributed by atoms with Gasteiger partial charge in [-0.1, -0.05) is 25.4 Å². The molecule has 0 saturated heterocycles. The van der Waals surface area contributed by atoms with Crippen LogP contribution in [0.3, 0.4) is 0 Å². The van der Waals surface area contributed by atoms with Crippen LogP contribution in [0, 0.1) is 0 Å². The van der Waals surface area contributed by atoms with Gasteiger partial charge in [0.2, 0.25) is 0 Å². The van der Waals surface area contributed by atoms with Gasteiger partial charge in [-0.05, 0) is 12.1 Å². The van der Waals surface area contributed by atoms with Crippen LogP contribution in [0.2, 0.25) is 5.02 Å². The maximum atomic E-state index is 10.9. The first-order valence-electron chi connectivity index (χ1n) is 4.82. The molecule has 2 rings (SSSR count). The first-order valence-corrected chi connectivity index (χ1v) is 5.20. The normalized spacial score (nSPS) is 11.2. The predicted octanol–water partition coefficient (Wildman–Crippen LogP) is 3.30. The number of oxazole rings is 1. The molecule has 1 heterocycles. The molecule has 0 amide bonds. The van der Waals surface area contributed by atoms with Gasteiger partial charge in [0.1, 0.15) is 5.52 Å². The topological polar surface area (TPSA) is 63.3 Å². The lowest BCUT2D eigenvalue weighted by Gasteiger charge is -1.96. The maximum Gasteiger partial charge on any atom is 0.337 e. The molecule has 0 atom stereocenters. The molecule has 16 heavy (non-hydrogen) atoms. The fourth-order valence-electron chi connectivity index (χ4n) is 1.38. The van der Waals surface area contributed by atoms with E-state index in [1.165, 1.54) is 12.1 Å². The Morgan fingerprint density at radius 2 is 2.19 bits per heavy atom. The Bertz CT molecular complexity index is 560. The Balaban J connectivity index is 2.65. The SMILES string of the molecule is CC(C)c1nc2cc(Cl)c(C(=O)O)cc2o1. The Labute approximate surface area is 96.8 Å². The molecule has 84 valence electrons. The standard InChI is InChI=1S/C11H10ClNO3/c1-5(2)10-13-8-4-7(12)6(11(14)15)3-9(8)16-10/h3-5H,1-2H3,(H,14,15). The third-order valence-electron chi connectivity index (χ3n) is 2.22. The molecule has 0 bridgehead atoms. The lowest BCUT2D eigenvalue weighted by atomic mass is 10.2. The molecule has 0 spiro atoms.